The fraction of sp³-hybridized carbons (Fsp3) is 0.686. The molecule has 256 valence electrons. The van der Waals surface area contributed by atoms with Gasteiger partial charge in [0.1, 0.15) is 6.04 Å². The first-order valence-electron chi connectivity index (χ1n) is 17.4. The molecule has 1 aromatic heterocycles. The van der Waals surface area contributed by atoms with Crippen molar-refractivity contribution in [3.05, 3.63) is 42.3 Å². The van der Waals surface area contributed by atoms with E-state index in [1.165, 1.54) is 0 Å². The first kappa shape index (κ1) is 33.4. The lowest BCUT2D eigenvalue weighted by Crippen LogP contribution is -2.65. The zero-order valence-electron chi connectivity index (χ0n) is 27.9. The molecule has 12 nitrogen and oxygen atoms in total. The van der Waals surface area contributed by atoms with Gasteiger partial charge in [-0.2, -0.15) is 5.10 Å². The Hall–Kier alpha value is -3.51. The zero-order chi connectivity index (χ0) is 33.1. The monoisotopic (exact) mass is 650 g/mol. The first-order valence-corrected chi connectivity index (χ1v) is 17.4. The number of aromatic nitrogens is 2. The molecule has 6 heterocycles. The molecule has 5 fully saturated rings. The summed E-state index contributed by atoms with van der Waals surface area (Å²) in [5.41, 5.74) is -0.104. The van der Waals surface area contributed by atoms with Crippen molar-refractivity contribution in [2.45, 2.75) is 64.6 Å². The van der Waals surface area contributed by atoms with Gasteiger partial charge in [0.05, 0.1) is 30.4 Å². The van der Waals surface area contributed by atoms with Crippen LogP contribution >= 0.6 is 0 Å². The largest absolute Gasteiger partial charge is 0.381 e. The minimum absolute atomic E-state index is 0.0334. The maximum Gasteiger partial charge on any atom is 0.257 e. The smallest absolute Gasteiger partial charge is 0.257 e. The molecule has 4 amide bonds. The fourth-order valence-electron chi connectivity index (χ4n) is 8.41. The van der Waals surface area contributed by atoms with E-state index < -0.39 is 23.5 Å². The van der Waals surface area contributed by atoms with Crippen LogP contribution in [0, 0.1) is 35.0 Å². The van der Waals surface area contributed by atoms with E-state index in [2.05, 4.69) is 27.9 Å². The van der Waals surface area contributed by atoms with Crippen LogP contribution in [0.25, 0.3) is 0 Å². The maximum atomic E-state index is 14.3. The Morgan fingerprint density at radius 3 is 2.60 bits per heavy atom. The molecule has 2 N–H and O–H groups in total. The van der Waals surface area contributed by atoms with Crippen molar-refractivity contribution in [2.75, 3.05) is 53.0 Å². The van der Waals surface area contributed by atoms with Crippen LogP contribution in [-0.2, 0) is 30.4 Å². The Bertz CT molecular complexity index is 1380. The molecule has 47 heavy (non-hydrogen) atoms. The third-order valence-electron chi connectivity index (χ3n) is 11.1. The molecule has 2 unspecified atom stereocenters. The van der Waals surface area contributed by atoms with Crippen molar-refractivity contribution in [2.24, 2.45) is 35.0 Å². The van der Waals surface area contributed by atoms with Gasteiger partial charge in [-0.25, -0.2) is 0 Å². The summed E-state index contributed by atoms with van der Waals surface area (Å²) >= 11 is 0. The average molecular weight is 651 g/mol. The van der Waals surface area contributed by atoms with Gasteiger partial charge in [0, 0.05) is 76.4 Å². The van der Waals surface area contributed by atoms with Crippen molar-refractivity contribution in [3.63, 3.8) is 0 Å². The number of likely N-dealkylation sites (N-methyl/N-ethyl adjacent to an activating group) is 1. The predicted octanol–water partition coefficient (Wildman–Crippen LogP) is 2.02. The molecular formula is C35H50N6O6. The highest BCUT2D eigenvalue weighted by Crippen LogP contribution is 2.46. The molecule has 0 radical (unpaired) electrons. The molecular weight excluding hydrogens is 600 g/mol. The quantitative estimate of drug-likeness (QED) is 0.418. The van der Waals surface area contributed by atoms with Gasteiger partial charge in [0.25, 0.3) is 5.91 Å². The lowest BCUT2D eigenvalue weighted by molar-refractivity contribution is -0.156. The van der Waals surface area contributed by atoms with Gasteiger partial charge >= 0.3 is 0 Å². The minimum atomic E-state index is -0.979. The number of nitrogens with zero attached hydrogens (tertiary/aromatic N) is 4. The van der Waals surface area contributed by atoms with Gasteiger partial charge in [-0.3, -0.25) is 23.9 Å². The van der Waals surface area contributed by atoms with Crippen LogP contribution in [0.15, 0.2) is 36.7 Å². The summed E-state index contributed by atoms with van der Waals surface area (Å²) in [5.74, 6) is -1.38. The molecule has 0 saturated carbocycles. The second kappa shape index (κ2) is 14.3. The van der Waals surface area contributed by atoms with Gasteiger partial charge in [-0.1, -0.05) is 38.2 Å². The molecule has 6 aliphatic rings. The number of ether oxygens (including phenoxy) is 2. The standard InChI is InChI=1S/C35H50N6O6/c1-4-26-27(5-2)34(45)40-21-35(22-40)20-39(33(44)25-15-37-41(17-25)16-23-9-7-6-8-10-23)18-28(35)31(42)38-29(32(43)36-3)30(26)47-19-24-11-13-46-14-12-24/h6-9,15,17,23-24,26-30H,4-5,10-14,16,18-22H2,1-3H3,(H,36,43)(H,38,42)/t23?,26?,27-,28-,29+,30-/m1/s1. The van der Waals surface area contributed by atoms with Crippen LogP contribution in [0.3, 0.4) is 0 Å². The van der Waals surface area contributed by atoms with E-state index in [0.29, 0.717) is 70.3 Å². The Kier molecular flexibility index (Phi) is 10.2. The average Bonchev–Trinajstić information content (AvgIpc) is 3.72. The second-order valence-electron chi connectivity index (χ2n) is 14.1. The molecule has 5 aliphatic heterocycles. The third-order valence-corrected chi connectivity index (χ3v) is 11.1. The molecule has 6 atom stereocenters. The summed E-state index contributed by atoms with van der Waals surface area (Å²) < 4.78 is 13.9. The molecule has 1 aliphatic carbocycles. The van der Waals surface area contributed by atoms with Crippen LogP contribution in [0.5, 0.6) is 0 Å². The van der Waals surface area contributed by atoms with Crippen molar-refractivity contribution in [1.82, 2.24) is 30.2 Å². The topological polar surface area (TPSA) is 135 Å². The van der Waals surface area contributed by atoms with Crippen molar-refractivity contribution >= 4 is 23.6 Å². The Morgan fingerprint density at radius 1 is 1.13 bits per heavy atom. The van der Waals surface area contributed by atoms with Gasteiger partial charge in [-0.15, -0.1) is 0 Å². The molecule has 5 saturated heterocycles. The summed E-state index contributed by atoms with van der Waals surface area (Å²) in [7, 11) is 1.56. The molecule has 0 aromatic carbocycles. The number of carbonyl (C=O) groups is 4. The summed E-state index contributed by atoms with van der Waals surface area (Å²) in [5, 5.41) is 10.3. The summed E-state index contributed by atoms with van der Waals surface area (Å²) in [6.45, 7) is 7.85. The fourth-order valence-corrected chi connectivity index (χ4v) is 8.41. The molecule has 2 bridgehead atoms. The first-order chi connectivity index (χ1) is 22.8. The molecule has 1 aromatic rings. The van der Waals surface area contributed by atoms with Gasteiger partial charge in [0.2, 0.25) is 17.7 Å². The van der Waals surface area contributed by atoms with Crippen LogP contribution < -0.4 is 10.6 Å². The van der Waals surface area contributed by atoms with E-state index in [1.54, 1.807) is 29.0 Å². The van der Waals surface area contributed by atoms with Gasteiger partial charge in [-0.05, 0) is 43.9 Å². The van der Waals surface area contributed by atoms with E-state index in [0.717, 1.165) is 19.3 Å². The van der Waals surface area contributed by atoms with Crippen LogP contribution in [-0.4, -0.2) is 108 Å². The Labute approximate surface area is 277 Å². The van der Waals surface area contributed by atoms with Gasteiger partial charge in [0.15, 0.2) is 0 Å². The summed E-state index contributed by atoms with van der Waals surface area (Å²) in [6.07, 6.45) is 14.9. The Balaban J connectivity index is 1.25. The van der Waals surface area contributed by atoms with Crippen molar-refractivity contribution in [1.29, 1.82) is 0 Å². The molecule has 1 spiro atoms. The van der Waals surface area contributed by atoms with Crippen LogP contribution in [0.2, 0.25) is 0 Å². The van der Waals surface area contributed by atoms with Crippen LogP contribution in [0.4, 0.5) is 0 Å². The second-order valence-corrected chi connectivity index (χ2v) is 14.1. The number of hydrogen-bond acceptors (Lipinski definition) is 7. The minimum Gasteiger partial charge on any atom is -0.381 e. The number of fused-ring (bicyclic) bond motifs is 6. The summed E-state index contributed by atoms with van der Waals surface area (Å²) in [6, 6.07) is -0.979. The molecule has 12 heteroatoms. The normalized spacial score (nSPS) is 32.7. The molecule has 7 rings (SSSR count). The van der Waals surface area contributed by atoms with E-state index in [4.69, 9.17) is 9.47 Å². The number of nitrogens with one attached hydrogen (secondary N) is 2. The van der Waals surface area contributed by atoms with E-state index in [1.807, 2.05) is 30.9 Å². The highest BCUT2D eigenvalue weighted by molar-refractivity contribution is 5.96. The van der Waals surface area contributed by atoms with E-state index >= 15 is 0 Å². The van der Waals surface area contributed by atoms with Crippen molar-refractivity contribution < 1.29 is 28.7 Å². The van der Waals surface area contributed by atoms with Crippen LogP contribution in [0.1, 0.15) is 56.3 Å². The highest BCUT2D eigenvalue weighted by Gasteiger charge is 2.60. The lowest BCUT2D eigenvalue weighted by Gasteiger charge is -2.51. The number of carbonyl (C=O) groups excluding carboxylic acids is 4. The predicted molar refractivity (Wildman–Crippen MR) is 174 cm³/mol. The number of likely N-dealkylation sites (tertiary alicyclic amines) is 1. The number of hydrogen-bond donors (Lipinski definition) is 2. The number of allylic oxidation sites excluding steroid dienone is 4. The van der Waals surface area contributed by atoms with E-state index in [-0.39, 0.29) is 47.9 Å². The Morgan fingerprint density at radius 2 is 1.91 bits per heavy atom. The number of amides is 4. The number of rotatable bonds is 9. The lowest BCUT2D eigenvalue weighted by atomic mass is 9.70. The maximum absolute atomic E-state index is 14.3. The zero-order valence-corrected chi connectivity index (χ0v) is 27.9. The van der Waals surface area contributed by atoms with E-state index in [9.17, 15) is 19.2 Å². The summed E-state index contributed by atoms with van der Waals surface area (Å²) in [4.78, 5) is 59.3. The van der Waals surface area contributed by atoms with Gasteiger partial charge < -0.3 is 29.9 Å². The van der Waals surface area contributed by atoms with Crippen molar-refractivity contribution in [3.8, 4) is 0 Å². The SMILES string of the molecule is CCC1[C@@H](OCC2CCOCC2)[C@@H](C(=O)NC)NC(=O)[C@H]2CN(C(=O)c3cnn(CC4C=CC=CC4)c3)CC23CN(C3)C(=O)[C@@H]1CC. The highest BCUT2D eigenvalue weighted by atomic mass is 16.5. The third kappa shape index (κ3) is 6.76.